The molecule has 1 saturated carbocycles. The van der Waals surface area contributed by atoms with Crippen LogP contribution in [0.3, 0.4) is 0 Å². The Balaban J connectivity index is 1.75. The van der Waals surface area contributed by atoms with Gasteiger partial charge in [-0.2, -0.15) is 4.98 Å². The standard InChI is InChI=1S/C20H24N2O4/c1-24-17-10-13-8-9-22-16(15(13)11-18(17)25-2)12-19(21-20(22)23)26-14-6-4-3-5-7-14/h10-12,14H,3-9H2,1-2H3. The van der Waals surface area contributed by atoms with E-state index in [0.29, 0.717) is 23.9 Å². The van der Waals surface area contributed by atoms with Crippen molar-refractivity contribution in [1.29, 1.82) is 0 Å². The number of nitrogens with zero attached hydrogens (tertiary/aromatic N) is 2. The Morgan fingerprint density at radius 1 is 1.04 bits per heavy atom. The number of aromatic nitrogens is 2. The molecule has 6 nitrogen and oxygen atoms in total. The highest BCUT2D eigenvalue weighted by Crippen LogP contribution is 2.38. The average Bonchev–Trinajstić information content (AvgIpc) is 2.67. The molecule has 1 aromatic carbocycles. The van der Waals surface area contributed by atoms with Gasteiger partial charge in [-0.05, 0) is 49.8 Å². The van der Waals surface area contributed by atoms with Crippen LogP contribution in [-0.4, -0.2) is 29.9 Å². The molecule has 1 aliphatic carbocycles. The van der Waals surface area contributed by atoms with Gasteiger partial charge in [0, 0.05) is 18.2 Å². The summed E-state index contributed by atoms with van der Waals surface area (Å²) < 4.78 is 18.6. The molecule has 138 valence electrons. The molecule has 0 amide bonds. The van der Waals surface area contributed by atoms with Crippen molar-refractivity contribution in [1.82, 2.24) is 9.55 Å². The van der Waals surface area contributed by atoms with Crippen molar-refractivity contribution < 1.29 is 14.2 Å². The van der Waals surface area contributed by atoms with Gasteiger partial charge in [-0.15, -0.1) is 0 Å². The van der Waals surface area contributed by atoms with Crippen LogP contribution in [-0.2, 0) is 13.0 Å². The lowest BCUT2D eigenvalue weighted by molar-refractivity contribution is 0.147. The third kappa shape index (κ3) is 3.04. The van der Waals surface area contributed by atoms with Gasteiger partial charge >= 0.3 is 5.69 Å². The van der Waals surface area contributed by atoms with Gasteiger partial charge in [0.25, 0.3) is 0 Å². The number of hydrogen-bond acceptors (Lipinski definition) is 5. The van der Waals surface area contributed by atoms with E-state index in [-0.39, 0.29) is 11.8 Å². The lowest BCUT2D eigenvalue weighted by atomic mass is 9.96. The summed E-state index contributed by atoms with van der Waals surface area (Å²) in [7, 11) is 3.25. The topological polar surface area (TPSA) is 62.6 Å². The van der Waals surface area contributed by atoms with Gasteiger partial charge < -0.3 is 14.2 Å². The molecule has 2 aliphatic rings. The summed E-state index contributed by atoms with van der Waals surface area (Å²) in [6.07, 6.45) is 6.58. The molecule has 6 heteroatoms. The first-order valence-electron chi connectivity index (χ1n) is 9.23. The molecule has 0 N–H and O–H groups in total. The van der Waals surface area contributed by atoms with E-state index in [9.17, 15) is 4.79 Å². The van der Waals surface area contributed by atoms with Crippen LogP contribution in [0.1, 0.15) is 37.7 Å². The second-order valence-electron chi connectivity index (χ2n) is 6.91. The molecule has 2 heterocycles. The molecule has 0 spiro atoms. The molecule has 1 aromatic heterocycles. The van der Waals surface area contributed by atoms with Gasteiger partial charge in [-0.1, -0.05) is 6.42 Å². The molecule has 0 saturated heterocycles. The van der Waals surface area contributed by atoms with Gasteiger partial charge in [0.1, 0.15) is 6.10 Å². The van der Waals surface area contributed by atoms with Gasteiger partial charge in [-0.3, -0.25) is 4.57 Å². The van der Waals surface area contributed by atoms with Gasteiger partial charge in [0.2, 0.25) is 5.88 Å². The van der Waals surface area contributed by atoms with Crippen LogP contribution >= 0.6 is 0 Å². The Morgan fingerprint density at radius 2 is 1.77 bits per heavy atom. The van der Waals surface area contributed by atoms with Crippen LogP contribution < -0.4 is 19.9 Å². The van der Waals surface area contributed by atoms with Gasteiger partial charge in [-0.25, -0.2) is 4.79 Å². The summed E-state index contributed by atoms with van der Waals surface area (Å²) >= 11 is 0. The third-order valence-electron chi connectivity index (χ3n) is 5.32. The molecule has 1 fully saturated rings. The van der Waals surface area contributed by atoms with E-state index in [1.807, 2.05) is 18.2 Å². The van der Waals surface area contributed by atoms with E-state index in [1.54, 1.807) is 18.8 Å². The monoisotopic (exact) mass is 356 g/mol. The second-order valence-corrected chi connectivity index (χ2v) is 6.91. The van der Waals surface area contributed by atoms with Crippen LogP contribution in [0.25, 0.3) is 11.3 Å². The van der Waals surface area contributed by atoms with Gasteiger partial charge in [0.15, 0.2) is 11.5 Å². The molecular formula is C20H24N2O4. The summed E-state index contributed by atoms with van der Waals surface area (Å²) in [6, 6.07) is 5.81. The highest BCUT2D eigenvalue weighted by atomic mass is 16.5. The first-order chi connectivity index (χ1) is 12.7. The number of benzene rings is 1. The van der Waals surface area contributed by atoms with Crippen LogP contribution in [0, 0.1) is 0 Å². The van der Waals surface area contributed by atoms with Crippen LogP contribution in [0.5, 0.6) is 17.4 Å². The van der Waals surface area contributed by atoms with E-state index in [4.69, 9.17) is 14.2 Å². The van der Waals surface area contributed by atoms with Crippen LogP contribution in [0.4, 0.5) is 0 Å². The first kappa shape index (κ1) is 16.9. The predicted octanol–water partition coefficient (Wildman–Crippen LogP) is 3.20. The summed E-state index contributed by atoms with van der Waals surface area (Å²) in [5.74, 6) is 1.78. The molecule has 0 atom stereocenters. The fourth-order valence-electron chi connectivity index (χ4n) is 3.94. The fourth-order valence-corrected chi connectivity index (χ4v) is 3.94. The molecular weight excluding hydrogens is 332 g/mol. The van der Waals surface area contributed by atoms with E-state index in [1.165, 1.54) is 19.3 Å². The van der Waals surface area contributed by atoms with E-state index in [0.717, 1.165) is 36.1 Å². The third-order valence-corrected chi connectivity index (χ3v) is 5.32. The summed E-state index contributed by atoms with van der Waals surface area (Å²) in [5.41, 5.74) is 2.69. The molecule has 2 aromatic rings. The van der Waals surface area contributed by atoms with Crippen molar-refractivity contribution in [2.45, 2.75) is 51.2 Å². The first-order valence-corrected chi connectivity index (χ1v) is 9.23. The summed E-state index contributed by atoms with van der Waals surface area (Å²) in [4.78, 5) is 16.7. The van der Waals surface area contributed by atoms with Crippen molar-refractivity contribution in [3.8, 4) is 28.6 Å². The lowest BCUT2D eigenvalue weighted by Gasteiger charge is -2.25. The van der Waals surface area contributed by atoms with Crippen molar-refractivity contribution in [2.75, 3.05) is 14.2 Å². The Labute approximate surface area is 152 Å². The molecule has 0 bridgehead atoms. The van der Waals surface area contributed by atoms with Crippen molar-refractivity contribution in [3.63, 3.8) is 0 Å². The number of aryl methyl sites for hydroxylation is 1. The largest absolute Gasteiger partial charge is 0.493 e. The molecule has 4 rings (SSSR count). The van der Waals surface area contributed by atoms with Crippen molar-refractivity contribution in [3.05, 3.63) is 34.2 Å². The van der Waals surface area contributed by atoms with Crippen LogP contribution in [0.15, 0.2) is 23.0 Å². The van der Waals surface area contributed by atoms with Crippen molar-refractivity contribution in [2.24, 2.45) is 0 Å². The highest BCUT2D eigenvalue weighted by Gasteiger charge is 2.23. The number of methoxy groups -OCH3 is 2. The van der Waals surface area contributed by atoms with Gasteiger partial charge in [0.05, 0.1) is 19.9 Å². The SMILES string of the molecule is COc1cc2c(cc1OC)-c1cc(OC3CCCCC3)nc(=O)n1CC2. The molecule has 26 heavy (non-hydrogen) atoms. The normalized spacial score (nSPS) is 16.5. The number of rotatable bonds is 4. The van der Waals surface area contributed by atoms with E-state index >= 15 is 0 Å². The average molecular weight is 356 g/mol. The zero-order chi connectivity index (χ0) is 18.1. The predicted molar refractivity (Wildman–Crippen MR) is 98.2 cm³/mol. The minimum Gasteiger partial charge on any atom is -0.493 e. The van der Waals surface area contributed by atoms with E-state index < -0.39 is 0 Å². The minimum absolute atomic E-state index is 0.159. The highest BCUT2D eigenvalue weighted by molar-refractivity contribution is 5.70. The maximum Gasteiger partial charge on any atom is 0.351 e. The van der Waals surface area contributed by atoms with Crippen molar-refractivity contribution >= 4 is 0 Å². The zero-order valence-corrected chi connectivity index (χ0v) is 15.3. The number of ether oxygens (including phenoxy) is 3. The fraction of sp³-hybridized carbons (Fsp3) is 0.500. The number of fused-ring (bicyclic) bond motifs is 3. The maximum atomic E-state index is 12.5. The molecule has 1 aliphatic heterocycles. The zero-order valence-electron chi connectivity index (χ0n) is 15.3. The lowest BCUT2D eigenvalue weighted by Crippen LogP contribution is -2.30. The summed E-state index contributed by atoms with van der Waals surface area (Å²) in [5, 5.41) is 0. The quantitative estimate of drug-likeness (QED) is 0.842. The Bertz CT molecular complexity index is 869. The maximum absolute atomic E-state index is 12.5. The molecule has 0 radical (unpaired) electrons. The molecule has 0 unspecified atom stereocenters. The summed E-state index contributed by atoms with van der Waals surface area (Å²) in [6.45, 7) is 0.605. The van der Waals surface area contributed by atoms with Crippen LogP contribution in [0.2, 0.25) is 0 Å². The second kappa shape index (κ2) is 7.02. The Morgan fingerprint density at radius 3 is 2.50 bits per heavy atom. The smallest absolute Gasteiger partial charge is 0.351 e. The number of hydrogen-bond donors (Lipinski definition) is 0. The minimum atomic E-state index is -0.256. The van der Waals surface area contributed by atoms with E-state index in [2.05, 4.69) is 4.98 Å². The Hall–Kier alpha value is -2.50. The Kier molecular flexibility index (Phi) is 4.57.